The predicted molar refractivity (Wildman–Crippen MR) is 124 cm³/mol. The van der Waals surface area contributed by atoms with E-state index in [1.165, 1.54) is 0 Å². The number of carbonyl (C=O) groups is 1. The summed E-state index contributed by atoms with van der Waals surface area (Å²) in [5.74, 6) is -0.537. The zero-order valence-corrected chi connectivity index (χ0v) is 18.1. The van der Waals surface area contributed by atoms with E-state index in [0.29, 0.717) is 0 Å². The number of nitrogens with zero attached hydrogens (tertiary/aromatic N) is 2. The minimum atomic E-state index is -0.463. The zero-order chi connectivity index (χ0) is 21.3. The van der Waals surface area contributed by atoms with E-state index in [9.17, 15) is 9.90 Å². The fourth-order valence-electron chi connectivity index (χ4n) is 3.56. The van der Waals surface area contributed by atoms with E-state index in [1.807, 2.05) is 68.4 Å². The molecular weight excluding hydrogens is 442 g/mol. The van der Waals surface area contributed by atoms with Crippen LogP contribution in [-0.2, 0) is 0 Å². The van der Waals surface area contributed by atoms with Crippen molar-refractivity contribution in [2.45, 2.75) is 13.8 Å². The average molecular weight is 462 g/mol. The molecule has 0 bridgehead atoms. The zero-order valence-electron chi connectivity index (χ0n) is 16.6. The van der Waals surface area contributed by atoms with Gasteiger partial charge in [0.1, 0.15) is 5.75 Å². The van der Waals surface area contributed by atoms with Crippen LogP contribution in [0.5, 0.6) is 5.75 Å². The first-order valence-corrected chi connectivity index (χ1v) is 10.2. The highest BCUT2D eigenvalue weighted by Crippen LogP contribution is 2.25. The molecule has 0 aliphatic heterocycles. The van der Waals surface area contributed by atoms with E-state index in [0.717, 1.165) is 37.9 Å². The third kappa shape index (κ3) is 3.86. The Morgan fingerprint density at radius 3 is 2.50 bits per heavy atom. The number of hydrogen-bond acceptors (Lipinski definition) is 3. The lowest BCUT2D eigenvalue weighted by Gasteiger charge is -2.10. The molecule has 2 N–H and O–H groups in total. The van der Waals surface area contributed by atoms with E-state index >= 15 is 0 Å². The normalized spacial score (nSPS) is 11.3. The highest BCUT2D eigenvalue weighted by Gasteiger charge is 2.13. The van der Waals surface area contributed by atoms with E-state index < -0.39 is 5.91 Å². The molecule has 1 amide bonds. The number of hydrogen-bond donors (Lipinski definition) is 2. The molecule has 0 atom stereocenters. The number of hydrazone groups is 1. The number of halogens is 1. The van der Waals surface area contributed by atoms with Gasteiger partial charge in [-0.25, -0.2) is 5.43 Å². The van der Waals surface area contributed by atoms with Crippen LogP contribution in [0.3, 0.4) is 0 Å². The van der Waals surface area contributed by atoms with Crippen LogP contribution in [0.4, 0.5) is 0 Å². The van der Waals surface area contributed by atoms with Crippen LogP contribution >= 0.6 is 15.9 Å². The molecule has 0 fully saturated rings. The van der Waals surface area contributed by atoms with Gasteiger partial charge < -0.3 is 9.67 Å². The van der Waals surface area contributed by atoms with Crippen molar-refractivity contribution in [3.05, 3.63) is 93.7 Å². The molecule has 0 saturated heterocycles. The molecule has 0 aliphatic rings. The fourth-order valence-corrected chi connectivity index (χ4v) is 3.95. The number of fused-ring (bicyclic) bond motifs is 1. The van der Waals surface area contributed by atoms with Gasteiger partial charge in [0.05, 0.1) is 11.8 Å². The maximum Gasteiger partial charge on any atom is 0.275 e. The Hall–Kier alpha value is -3.38. The maximum atomic E-state index is 12.5. The molecule has 30 heavy (non-hydrogen) atoms. The minimum Gasteiger partial charge on any atom is -0.507 e. The molecule has 0 spiro atoms. The quantitative estimate of drug-likeness (QED) is 0.312. The molecule has 4 aromatic rings. The second-order valence-electron chi connectivity index (χ2n) is 7.06. The molecule has 0 aliphatic carbocycles. The Labute approximate surface area is 182 Å². The van der Waals surface area contributed by atoms with Gasteiger partial charge in [0.25, 0.3) is 5.91 Å². The van der Waals surface area contributed by atoms with Crippen LogP contribution in [0.25, 0.3) is 16.5 Å². The Balaban J connectivity index is 1.56. The Morgan fingerprint density at radius 2 is 1.77 bits per heavy atom. The van der Waals surface area contributed by atoms with Crippen molar-refractivity contribution in [1.29, 1.82) is 0 Å². The van der Waals surface area contributed by atoms with Gasteiger partial charge in [-0.2, -0.15) is 5.10 Å². The van der Waals surface area contributed by atoms with Crippen molar-refractivity contribution >= 4 is 38.8 Å². The predicted octanol–water partition coefficient (Wildman–Crippen LogP) is 5.48. The monoisotopic (exact) mass is 461 g/mol. The first kappa shape index (κ1) is 19.9. The van der Waals surface area contributed by atoms with Crippen molar-refractivity contribution < 1.29 is 9.90 Å². The lowest BCUT2D eigenvalue weighted by molar-refractivity contribution is 0.0952. The molecule has 0 radical (unpaired) electrons. The fraction of sp³-hybridized carbons (Fsp3) is 0.0833. The van der Waals surface area contributed by atoms with Crippen LogP contribution < -0.4 is 5.43 Å². The largest absolute Gasteiger partial charge is 0.507 e. The average Bonchev–Trinajstić information content (AvgIpc) is 3.00. The summed E-state index contributed by atoms with van der Waals surface area (Å²) in [4.78, 5) is 12.5. The molecule has 1 aromatic heterocycles. The molecule has 3 aromatic carbocycles. The standard InChI is InChI=1S/C24H20BrN3O2/c1-15-10-19(16(2)28(15)21-9-5-8-20(25)13-21)14-26-27-24(30)22-11-17-6-3-4-7-18(17)12-23(22)29/h3-14,29H,1-2H3,(H,27,30)/b26-14+. The molecular formula is C24H20BrN3O2. The van der Waals surface area contributed by atoms with Crippen LogP contribution in [-0.4, -0.2) is 21.8 Å². The lowest BCUT2D eigenvalue weighted by Crippen LogP contribution is -2.17. The van der Waals surface area contributed by atoms with Gasteiger partial charge in [-0.1, -0.05) is 46.3 Å². The van der Waals surface area contributed by atoms with Gasteiger partial charge >= 0.3 is 0 Å². The van der Waals surface area contributed by atoms with Gasteiger partial charge in [0.2, 0.25) is 0 Å². The van der Waals surface area contributed by atoms with Crippen molar-refractivity contribution in [2.75, 3.05) is 0 Å². The first-order valence-electron chi connectivity index (χ1n) is 9.44. The SMILES string of the molecule is Cc1cc(/C=N/NC(=O)c2cc3ccccc3cc2O)c(C)n1-c1cccc(Br)c1. The van der Waals surface area contributed by atoms with E-state index in [-0.39, 0.29) is 11.3 Å². The van der Waals surface area contributed by atoms with Crippen LogP contribution in [0.15, 0.2) is 76.3 Å². The number of benzene rings is 3. The van der Waals surface area contributed by atoms with Crippen molar-refractivity contribution in [3.63, 3.8) is 0 Å². The molecule has 150 valence electrons. The third-order valence-electron chi connectivity index (χ3n) is 5.02. The summed E-state index contributed by atoms with van der Waals surface area (Å²) in [5, 5.41) is 16.1. The lowest BCUT2D eigenvalue weighted by atomic mass is 10.1. The molecule has 4 rings (SSSR count). The number of amides is 1. The first-order chi connectivity index (χ1) is 14.4. The highest BCUT2D eigenvalue weighted by molar-refractivity contribution is 9.10. The Bertz CT molecular complexity index is 1290. The number of rotatable bonds is 4. The van der Waals surface area contributed by atoms with Crippen molar-refractivity contribution in [3.8, 4) is 11.4 Å². The summed E-state index contributed by atoms with van der Waals surface area (Å²) < 4.78 is 3.13. The number of aryl methyl sites for hydroxylation is 1. The molecule has 6 heteroatoms. The summed E-state index contributed by atoms with van der Waals surface area (Å²) in [6.45, 7) is 4.03. The van der Waals surface area contributed by atoms with Gasteiger partial charge in [-0.3, -0.25) is 4.79 Å². The smallest absolute Gasteiger partial charge is 0.275 e. The summed E-state index contributed by atoms with van der Waals surface area (Å²) in [5.41, 5.74) is 6.71. The Morgan fingerprint density at radius 1 is 1.03 bits per heavy atom. The van der Waals surface area contributed by atoms with Gasteiger partial charge in [0, 0.05) is 27.1 Å². The maximum absolute atomic E-state index is 12.5. The third-order valence-corrected chi connectivity index (χ3v) is 5.51. The van der Waals surface area contributed by atoms with E-state index in [2.05, 4.69) is 31.0 Å². The van der Waals surface area contributed by atoms with Crippen LogP contribution in [0.2, 0.25) is 0 Å². The summed E-state index contributed by atoms with van der Waals surface area (Å²) in [7, 11) is 0. The van der Waals surface area contributed by atoms with Crippen molar-refractivity contribution in [1.82, 2.24) is 9.99 Å². The van der Waals surface area contributed by atoms with Crippen LogP contribution in [0, 0.1) is 13.8 Å². The van der Waals surface area contributed by atoms with Gasteiger partial charge in [-0.05, 0) is 61.0 Å². The number of nitrogens with one attached hydrogen (secondary N) is 1. The number of phenols is 1. The molecule has 5 nitrogen and oxygen atoms in total. The summed E-state index contributed by atoms with van der Waals surface area (Å²) in [6, 6.07) is 20.9. The van der Waals surface area contributed by atoms with Crippen molar-refractivity contribution in [2.24, 2.45) is 5.10 Å². The van der Waals surface area contributed by atoms with Crippen LogP contribution in [0.1, 0.15) is 27.3 Å². The summed E-state index contributed by atoms with van der Waals surface area (Å²) >= 11 is 3.51. The summed E-state index contributed by atoms with van der Waals surface area (Å²) in [6.07, 6.45) is 1.62. The minimum absolute atomic E-state index is 0.0748. The topological polar surface area (TPSA) is 66.6 Å². The van der Waals surface area contributed by atoms with E-state index in [1.54, 1.807) is 18.3 Å². The Kier molecular flexibility index (Phi) is 5.42. The second kappa shape index (κ2) is 8.16. The second-order valence-corrected chi connectivity index (χ2v) is 7.97. The van der Waals surface area contributed by atoms with Gasteiger partial charge in [-0.15, -0.1) is 0 Å². The number of aromatic nitrogens is 1. The molecule has 1 heterocycles. The number of aromatic hydroxyl groups is 1. The number of phenolic OH excluding ortho intramolecular Hbond substituents is 1. The molecule has 0 unspecified atom stereocenters. The highest BCUT2D eigenvalue weighted by atomic mass is 79.9. The number of carbonyl (C=O) groups excluding carboxylic acids is 1. The molecule has 0 saturated carbocycles. The van der Waals surface area contributed by atoms with E-state index in [4.69, 9.17) is 0 Å². The van der Waals surface area contributed by atoms with Gasteiger partial charge in [0.15, 0.2) is 0 Å².